The summed E-state index contributed by atoms with van der Waals surface area (Å²) in [5, 5.41) is 0. The van der Waals surface area contributed by atoms with E-state index in [1.165, 1.54) is 0 Å². The van der Waals surface area contributed by atoms with E-state index in [0.29, 0.717) is 0 Å². The first-order chi connectivity index (χ1) is 5.91. The number of rotatable bonds is 3. The Hall–Kier alpha value is 0.0800. The Morgan fingerprint density at radius 1 is 0.857 bits per heavy atom. The van der Waals surface area contributed by atoms with Crippen LogP contribution in [0.3, 0.4) is 0 Å². The molecule has 0 bridgehead atoms. The van der Waals surface area contributed by atoms with Crippen LogP contribution >= 0.6 is 23.2 Å². The van der Waals surface area contributed by atoms with Gasteiger partial charge in [-0.2, -0.15) is 0 Å². The minimum atomic E-state index is -5.25. The van der Waals surface area contributed by atoms with Gasteiger partial charge in [0.2, 0.25) is 4.52 Å². The van der Waals surface area contributed by atoms with Crippen molar-refractivity contribution in [3.05, 3.63) is 0 Å². The van der Waals surface area contributed by atoms with Crippen molar-refractivity contribution in [1.82, 2.24) is 0 Å². The minimum absolute atomic E-state index is 1.70. The second-order valence-corrected chi connectivity index (χ2v) is 3.33. The number of hydrogen-bond acceptors (Lipinski definition) is 2. The molecular formula is C4H2Cl2F6O2. The van der Waals surface area contributed by atoms with Gasteiger partial charge in [-0.05, 0) is 0 Å². The number of halogens is 8. The molecule has 86 valence electrons. The fraction of sp³-hybridized carbons (Fsp3) is 1.00. The van der Waals surface area contributed by atoms with Crippen molar-refractivity contribution in [2.45, 2.75) is 17.2 Å². The Balaban J connectivity index is 4.09. The van der Waals surface area contributed by atoms with Crippen LogP contribution in [0.15, 0.2) is 0 Å². The summed E-state index contributed by atoms with van der Waals surface area (Å²) in [7, 11) is 0. The van der Waals surface area contributed by atoms with Crippen molar-refractivity contribution in [3.8, 4) is 0 Å². The predicted octanol–water partition coefficient (Wildman–Crippen LogP) is 3.19. The van der Waals surface area contributed by atoms with Crippen LogP contribution < -0.4 is 0 Å². The lowest BCUT2D eigenvalue weighted by Crippen LogP contribution is -2.34. The molecule has 0 saturated carbocycles. The molecule has 0 radical (unpaired) electrons. The van der Waals surface area contributed by atoms with Gasteiger partial charge in [0.25, 0.3) is 0 Å². The maximum Gasteiger partial charge on any atom is 0.525 e. The topological polar surface area (TPSA) is 18.5 Å². The highest BCUT2D eigenvalue weighted by molar-refractivity contribution is 6.47. The Kier molecular flexibility index (Phi) is 4.32. The quantitative estimate of drug-likeness (QED) is 0.577. The summed E-state index contributed by atoms with van der Waals surface area (Å²) < 4.78 is 71.1. The molecule has 0 aliphatic heterocycles. The summed E-state index contributed by atoms with van der Waals surface area (Å²) in [6.07, 6.45) is -10.4. The molecule has 0 aromatic heterocycles. The zero-order chi connectivity index (χ0) is 11.6. The summed E-state index contributed by atoms with van der Waals surface area (Å²) in [4.78, 5) is 0. The Morgan fingerprint density at radius 2 is 1.29 bits per heavy atom. The predicted molar refractivity (Wildman–Crippen MR) is 33.6 cm³/mol. The summed E-state index contributed by atoms with van der Waals surface area (Å²) >= 11 is 9.45. The zero-order valence-corrected chi connectivity index (χ0v) is 7.56. The highest BCUT2D eigenvalue weighted by Gasteiger charge is 2.44. The van der Waals surface area contributed by atoms with E-state index in [9.17, 15) is 26.3 Å². The average molecular weight is 267 g/mol. The van der Waals surface area contributed by atoms with Crippen LogP contribution in [0.25, 0.3) is 0 Å². The molecule has 0 fully saturated rings. The number of hydrogen-bond donors (Lipinski definition) is 0. The van der Waals surface area contributed by atoms with Crippen LogP contribution in [0.2, 0.25) is 0 Å². The first-order valence-corrected chi connectivity index (χ1v) is 3.52. The van der Waals surface area contributed by atoms with Gasteiger partial charge in [0.1, 0.15) is 6.61 Å². The zero-order valence-electron chi connectivity index (χ0n) is 6.05. The van der Waals surface area contributed by atoms with Gasteiger partial charge in [0.15, 0.2) is 0 Å². The monoisotopic (exact) mass is 266 g/mol. The lowest BCUT2D eigenvalue weighted by Gasteiger charge is -2.21. The van der Waals surface area contributed by atoms with Crippen molar-refractivity contribution in [3.63, 3.8) is 0 Å². The maximum absolute atomic E-state index is 11.4. The molecule has 0 aromatic rings. The van der Waals surface area contributed by atoms with Crippen LogP contribution in [0.1, 0.15) is 0 Å². The summed E-state index contributed by atoms with van der Waals surface area (Å²) in [6, 6.07) is 0. The fourth-order valence-electron chi connectivity index (χ4n) is 0.365. The average Bonchev–Trinajstić information content (AvgIpc) is 1.76. The normalized spacial score (nSPS) is 14.6. The Labute approximate surface area is 83.7 Å². The van der Waals surface area contributed by atoms with Crippen LogP contribution in [0, 0.1) is 0 Å². The smallest absolute Gasteiger partial charge is 0.286 e. The molecule has 0 spiro atoms. The molecule has 0 heterocycles. The second-order valence-electron chi connectivity index (χ2n) is 1.92. The Morgan fingerprint density at radius 3 is 1.57 bits per heavy atom. The summed E-state index contributed by atoms with van der Waals surface area (Å²) in [5.41, 5.74) is 0. The SMILES string of the molecule is FC(F)(F)OCC(Cl)(Cl)OC(F)(F)F. The second kappa shape index (κ2) is 4.30. The van der Waals surface area contributed by atoms with Crippen molar-refractivity contribution < 1.29 is 35.8 Å². The number of alkyl halides is 8. The molecule has 0 aromatic carbocycles. The van der Waals surface area contributed by atoms with E-state index in [0.717, 1.165) is 0 Å². The van der Waals surface area contributed by atoms with E-state index in [2.05, 4.69) is 9.47 Å². The molecule has 0 saturated heterocycles. The van der Waals surface area contributed by atoms with Gasteiger partial charge in [-0.3, -0.25) is 9.47 Å². The largest absolute Gasteiger partial charge is 0.525 e. The fourth-order valence-corrected chi connectivity index (χ4v) is 0.649. The van der Waals surface area contributed by atoms with Crippen molar-refractivity contribution in [2.24, 2.45) is 0 Å². The molecule has 0 aliphatic carbocycles. The molecule has 0 amide bonds. The highest BCUT2D eigenvalue weighted by atomic mass is 35.5. The summed E-state index contributed by atoms with van der Waals surface area (Å²) in [6.45, 7) is -1.70. The van der Waals surface area contributed by atoms with Gasteiger partial charge in [-0.15, -0.1) is 26.3 Å². The van der Waals surface area contributed by atoms with E-state index in [1.54, 1.807) is 0 Å². The van der Waals surface area contributed by atoms with E-state index in [1.807, 2.05) is 0 Å². The molecule has 0 aliphatic rings. The lowest BCUT2D eigenvalue weighted by molar-refractivity contribution is -0.367. The van der Waals surface area contributed by atoms with Gasteiger partial charge in [-0.1, -0.05) is 23.2 Å². The lowest BCUT2D eigenvalue weighted by atomic mass is 10.7. The van der Waals surface area contributed by atoms with Gasteiger partial charge in [0, 0.05) is 0 Å². The standard InChI is InChI=1S/C4H2Cl2F6O2/c5-2(6,14-4(10,11)12)1-13-3(7,8)9/h1H2. The van der Waals surface area contributed by atoms with E-state index in [4.69, 9.17) is 23.2 Å². The van der Waals surface area contributed by atoms with Crippen LogP contribution in [-0.4, -0.2) is 23.9 Å². The third-order valence-corrected chi connectivity index (χ3v) is 1.04. The van der Waals surface area contributed by atoms with Gasteiger partial charge in [0.05, 0.1) is 0 Å². The third kappa shape index (κ3) is 8.67. The molecule has 0 rings (SSSR count). The Bertz CT molecular complexity index is 187. The molecule has 0 N–H and O–H groups in total. The molecule has 10 heteroatoms. The van der Waals surface area contributed by atoms with E-state index >= 15 is 0 Å². The molecule has 2 nitrogen and oxygen atoms in total. The molecule has 14 heavy (non-hydrogen) atoms. The van der Waals surface area contributed by atoms with Crippen molar-refractivity contribution in [1.29, 1.82) is 0 Å². The van der Waals surface area contributed by atoms with E-state index in [-0.39, 0.29) is 0 Å². The molecule has 0 atom stereocenters. The van der Waals surface area contributed by atoms with Crippen molar-refractivity contribution in [2.75, 3.05) is 6.61 Å². The van der Waals surface area contributed by atoms with Crippen LogP contribution in [0.4, 0.5) is 26.3 Å². The minimum Gasteiger partial charge on any atom is -0.286 e. The first-order valence-electron chi connectivity index (χ1n) is 2.77. The first kappa shape index (κ1) is 14.1. The van der Waals surface area contributed by atoms with Gasteiger partial charge in [-0.25, -0.2) is 0 Å². The summed E-state index contributed by atoms with van der Waals surface area (Å²) in [5.74, 6) is 0. The van der Waals surface area contributed by atoms with Gasteiger partial charge < -0.3 is 0 Å². The van der Waals surface area contributed by atoms with Crippen LogP contribution in [0.5, 0.6) is 0 Å². The van der Waals surface area contributed by atoms with E-state index < -0.39 is 23.9 Å². The number of ether oxygens (including phenoxy) is 2. The van der Waals surface area contributed by atoms with Gasteiger partial charge >= 0.3 is 12.7 Å². The highest BCUT2D eigenvalue weighted by Crippen LogP contribution is 2.33. The van der Waals surface area contributed by atoms with Crippen LogP contribution in [-0.2, 0) is 9.47 Å². The molecular weight excluding hydrogens is 265 g/mol. The third-order valence-electron chi connectivity index (χ3n) is 0.669. The molecule has 0 unspecified atom stereocenters. The van der Waals surface area contributed by atoms with Crippen molar-refractivity contribution >= 4 is 23.2 Å². The maximum atomic E-state index is 11.4.